The summed E-state index contributed by atoms with van der Waals surface area (Å²) in [7, 11) is 0. The molecule has 120 valence electrons. The second kappa shape index (κ2) is 6.96. The molecule has 1 aliphatic heterocycles. The van der Waals surface area contributed by atoms with E-state index in [2.05, 4.69) is 11.4 Å². The molecular weight excluding hydrogens is 310 g/mol. The van der Waals surface area contributed by atoms with Gasteiger partial charge in [-0.1, -0.05) is 17.7 Å². The first-order valence-electron chi connectivity index (χ1n) is 7.55. The number of anilines is 1. The fraction of sp³-hybridized carbons (Fsp3) is 0.278. The summed E-state index contributed by atoms with van der Waals surface area (Å²) in [6, 6.07) is 13.6. The van der Waals surface area contributed by atoms with Crippen LogP contribution in [0.25, 0.3) is 0 Å². The van der Waals surface area contributed by atoms with Gasteiger partial charge in [-0.05, 0) is 38.1 Å². The zero-order valence-corrected chi connectivity index (χ0v) is 14.0. The van der Waals surface area contributed by atoms with Crippen molar-refractivity contribution in [2.75, 3.05) is 18.5 Å². The predicted octanol–water partition coefficient (Wildman–Crippen LogP) is 3.89. The number of thioether (sulfide) groups is 1. The number of amides is 1. The van der Waals surface area contributed by atoms with Crippen LogP contribution in [0.3, 0.4) is 0 Å². The Labute approximate surface area is 140 Å². The number of fused-ring (bicyclic) bond motifs is 1. The van der Waals surface area contributed by atoms with Crippen molar-refractivity contribution in [3.05, 3.63) is 48.0 Å². The van der Waals surface area contributed by atoms with Gasteiger partial charge in [-0.2, -0.15) is 0 Å². The summed E-state index contributed by atoms with van der Waals surface area (Å²) in [6.07, 6.45) is 0. The quantitative estimate of drug-likeness (QED) is 0.865. The summed E-state index contributed by atoms with van der Waals surface area (Å²) in [4.78, 5) is 13.5. The summed E-state index contributed by atoms with van der Waals surface area (Å²) in [5.74, 6) is 1.36. The van der Waals surface area contributed by atoms with Gasteiger partial charge < -0.3 is 14.8 Å². The lowest BCUT2D eigenvalue weighted by Gasteiger charge is -2.19. The first-order valence-corrected chi connectivity index (χ1v) is 8.43. The van der Waals surface area contributed by atoms with E-state index in [4.69, 9.17) is 9.47 Å². The van der Waals surface area contributed by atoms with Crippen molar-refractivity contribution in [3.8, 4) is 11.5 Å². The molecule has 5 heteroatoms. The average Bonchev–Trinajstić information content (AvgIpc) is 2.54. The summed E-state index contributed by atoms with van der Waals surface area (Å²) >= 11 is 1.55. The van der Waals surface area contributed by atoms with Crippen molar-refractivity contribution < 1.29 is 14.3 Å². The van der Waals surface area contributed by atoms with Crippen LogP contribution in [-0.2, 0) is 4.79 Å². The van der Waals surface area contributed by atoms with E-state index >= 15 is 0 Å². The Kier molecular flexibility index (Phi) is 4.76. The number of carbonyl (C=O) groups excluding carboxylic acids is 1. The van der Waals surface area contributed by atoms with Crippen LogP contribution in [0.2, 0.25) is 0 Å². The van der Waals surface area contributed by atoms with Crippen LogP contribution in [0, 0.1) is 6.92 Å². The zero-order chi connectivity index (χ0) is 16.2. The summed E-state index contributed by atoms with van der Waals surface area (Å²) in [5, 5.41) is 2.74. The molecule has 1 N–H and O–H groups in total. The normalized spacial score (nSPS) is 14.2. The van der Waals surface area contributed by atoms with Gasteiger partial charge in [0.1, 0.15) is 13.2 Å². The highest BCUT2D eigenvalue weighted by molar-refractivity contribution is 8.00. The number of carbonyl (C=O) groups is 1. The van der Waals surface area contributed by atoms with Gasteiger partial charge in [0, 0.05) is 16.6 Å². The van der Waals surface area contributed by atoms with Crippen LogP contribution in [0.5, 0.6) is 11.5 Å². The van der Waals surface area contributed by atoms with E-state index in [0.29, 0.717) is 19.0 Å². The lowest BCUT2D eigenvalue weighted by atomic mass is 10.2. The second-order valence-electron chi connectivity index (χ2n) is 5.42. The third kappa shape index (κ3) is 3.99. The maximum absolute atomic E-state index is 12.4. The molecular formula is C18H19NO3S. The Hall–Kier alpha value is -2.14. The molecule has 2 aromatic rings. The topological polar surface area (TPSA) is 47.6 Å². The Bertz CT molecular complexity index is 717. The van der Waals surface area contributed by atoms with Gasteiger partial charge in [-0.25, -0.2) is 0 Å². The molecule has 3 rings (SSSR count). The third-order valence-corrected chi connectivity index (χ3v) is 4.58. The molecule has 1 aliphatic rings. The molecule has 0 saturated carbocycles. The van der Waals surface area contributed by atoms with Gasteiger partial charge in [0.25, 0.3) is 0 Å². The Balaban J connectivity index is 1.64. The molecule has 1 atom stereocenters. The Morgan fingerprint density at radius 3 is 2.70 bits per heavy atom. The molecule has 0 saturated heterocycles. The molecule has 1 amide bonds. The van der Waals surface area contributed by atoms with Gasteiger partial charge in [-0.3, -0.25) is 4.79 Å². The summed E-state index contributed by atoms with van der Waals surface area (Å²) in [5.41, 5.74) is 1.91. The lowest BCUT2D eigenvalue weighted by molar-refractivity contribution is -0.115. The Morgan fingerprint density at radius 2 is 1.91 bits per heavy atom. The minimum atomic E-state index is -0.190. The van der Waals surface area contributed by atoms with Crippen LogP contribution in [-0.4, -0.2) is 24.4 Å². The van der Waals surface area contributed by atoms with Crippen molar-refractivity contribution >= 4 is 23.4 Å². The van der Waals surface area contributed by atoms with E-state index in [1.165, 1.54) is 5.56 Å². The Morgan fingerprint density at radius 1 is 1.13 bits per heavy atom. The number of hydrogen-bond acceptors (Lipinski definition) is 4. The number of rotatable bonds is 4. The van der Waals surface area contributed by atoms with Crippen LogP contribution in [0.1, 0.15) is 12.5 Å². The average molecular weight is 329 g/mol. The van der Waals surface area contributed by atoms with Gasteiger partial charge in [0.05, 0.1) is 5.25 Å². The van der Waals surface area contributed by atoms with Crippen molar-refractivity contribution in [1.29, 1.82) is 0 Å². The SMILES string of the molecule is Cc1cccc(SC(C)C(=O)Nc2ccc3c(c2)OCCO3)c1. The minimum absolute atomic E-state index is 0.0341. The number of hydrogen-bond donors (Lipinski definition) is 1. The van der Waals surface area contributed by atoms with E-state index in [0.717, 1.165) is 16.3 Å². The van der Waals surface area contributed by atoms with Crippen LogP contribution < -0.4 is 14.8 Å². The molecule has 23 heavy (non-hydrogen) atoms. The highest BCUT2D eigenvalue weighted by Gasteiger charge is 2.17. The van der Waals surface area contributed by atoms with E-state index in [1.807, 2.05) is 44.2 Å². The van der Waals surface area contributed by atoms with Crippen molar-refractivity contribution in [2.45, 2.75) is 24.0 Å². The van der Waals surface area contributed by atoms with E-state index in [9.17, 15) is 4.79 Å². The molecule has 2 aromatic carbocycles. The molecule has 0 radical (unpaired) electrons. The summed E-state index contributed by atoms with van der Waals surface area (Å²) < 4.78 is 11.0. The molecule has 0 bridgehead atoms. The molecule has 0 spiro atoms. The number of benzene rings is 2. The molecule has 0 fully saturated rings. The van der Waals surface area contributed by atoms with E-state index in [1.54, 1.807) is 17.8 Å². The first kappa shape index (κ1) is 15.7. The fourth-order valence-corrected chi connectivity index (χ4v) is 3.30. The monoisotopic (exact) mass is 329 g/mol. The molecule has 1 heterocycles. The maximum Gasteiger partial charge on any atom is 0.237 e. The molecule has 1 unspecified atom stereocenters. The van der Waals surface area contributed by atoms with Crippen LogP contribution >= 0.6 is 11.8 Å². The number of ether oxygens (including phenoxy) is 2. The highest BCUT2D eigenvalue weighted by Crippen LogP contribution is 2.33. The highest BCUT2D eigenvalue weighted by atomic mass is 32.2. The van der Waals surface area contributed by atoms with Crippen LogP contribution in [0.4, 0.5) is 5.69 Å². The van der Waals surface area contributed by atoms with Crippen molar-refractivity contribution in [3.63, 3.8) is 0 Å². The number of nitrogens with one attached hydrogen (secondary N) is 1. The zero-order valence-electron chi connectivity index (χ0n) is 13.2. The largest absolute Gasteiger partial charge is 0.486 e. The fourth-order valence-electron chi connectivity index (χ4n) is 2.31. The smallest absolute Gasteiger partial charge is 0.237 e. The van der Waals surface area contributed by atoms with Crippen LogP contribution in [0.15, 0.2) is 47.4 Å². The lowest BCUT2D eigenvalue weighted by Crippen LogP contribution is -2.22. The van der Waals surface area contributed by atoms with Gasteiger partial charge in [-0.15, -0.1) is 11.8 Å². The molecule has 4 nitrogen and oxygen atoms in total. The maximum atomic E-state index is 12.4. The van der Waals surface area contributed by atoms with E-state index in [-0.39, 0.29) is 11.2 Å². The standard InChI is InChI=1S/C18H19NO3S/c1-12-4-3-5-15(10-12)23-13(2)18(20)19-14-6-7-16-17(11-14)22-9-8-21-16/h3-7,10-11,13H,8-9H2,1-2H3,(H,19,20). The third-order valence-electron chi connectivity index (χ3n) is 3.48. The van der Waals surface area contributed by atoms with Crippen molar-refractivity contribution in [2.24, 2.45) is 0 Å². The van der Waals surface area contributed by atoms with E-state index < -0.39 is 0 Å². The predicted molar refractivity (Wildman–Crippen MR) is 92.6 cm³/mol. The first-order chi connectivity index (χ1) is 11.1. The van der Waals surface area contributed by atoms with Crippen molar-refractivity contribution in [1.82, 2.24) is 0 Å². The summed E-state index contributed by atoms with van der Waals surface area (Å²) in [6.45, 7) is 5.04. The van der Waals surface area contributed by atoms with Gasteiger partial charge in [0.2, 0.25) is 5.91 Å². The minimum Gasteiger partial charge on any atom is -0.486 e. The molecule has 0 aromatic heterocycles. The van der Waals surface area contributed by atoms with Gasteiger partial charge in [0.15, 0.2) is 11.5 Å². The molecule has 0 aliphatic carbocycles. The van der Waals surface area contributed by atoms with Gasteiger partial charge >= 0.3 is 0 Å². The second-order valence-corrected chi connectivity index (χ2v) is 6.84. The number of aryl methyl sites for hydroxylation is 1.